The Hall–Kier alpha value is -3.87. The second-order valence-corrected chi connectivity index (χ2v) is 11.7. The van der Waals surface area contributed by atoms with Crippen LogP contribution >= 0.6 is 0 Å². The molecule has 3 atom stereocenters. The minimum Gasteiger partial charge on any atom is -0.489 e. The molecule has 1 amide bonds. The Morgan fingerprint density at radius 3 is 2.42 bits per heavy atom. The maximum Gasteiger partial charge on any atom is 0.321 e. The molecule has 0 bridgehead atoms. The van der Waals surface area contributed by atoms with Crippen LogP contribution in [0, 0.1) is 23.7 Å². The Balaban J connectivity index is 0.000000640. The van der Waals surface area contributed by atoms with E-state index in [-0.39, 0.29) is 23.8 Å². The molecule has 4 fully saturated rings. The van der Waals surface area contributed by atoms with Crippen molar-refractivity contribution >= 4 is 23.4 Å². The fourth-order valence-electron chi connectivity index (χ4n) is 5.12. The van der Waals surface area contributed by atoms with Crippen molar-refractivity contribution in [2.24, 2.45) is 35.2 Å². The monoisotopic (exact) mass is 596 g/mol. The number of piperidine rings is 1. The standard InChI is InChI=1S/C24H34N10O3.C4H8.C2H6/c1-33(27)11-17(25)15-9-19(20(26)28-10-15)37-12-13-3-5-34(6-4-13)23-30-21(31-24(32-23)36-2)22(35)29-18-8-14-7-16(14)18;1-4-2-3-4;1-2/h9-11,13-14,16,18H,3-8,12,25,27H2,1-2H3,(H2,26,28)(H,29,35);4H,2-3H2,1H3;1-2H3/b17-11-;;. The molecule has 7 N–H and O–H groups in total. The molecular weight excluding hydrogens is 548 g/mol. The number of hydrogen-bond acceptors (Lipinski definition) is 12. The van der Waals surface area contributed by atoms with E-state index >= 15 is 0 Å². The highest BCUT2D eigenvalue weighted by Crippen LogP contribution is 2.55. The fourth-order valence-corrected chi connectivity index (χ4v) is 5.12. The third kappa shape index (κ3) is 8.82. The number of ether oxygens (including phenoxy) is 2. The smallest absolute Gasteiger partial charge is 0.321 e. The summed E-state index contributed by atoms with van der Waals surface area (Å²) in [5.41, 5.74) is 13.2. The normalized spacial score (nSPS) is 22.4. The van der Waals surface area contributed by atoms with E-state index in [9.17, 15) is 4.79 Å². The van der Waals surface area contributed by atoms with Gasteiger partial charge in [-0.2, -0.15) is 15.0 Å². The maximum absolute atomic E-state index is 12.7. The molecule has 3 heterocycles. The number of nitrogen functional groups attached to an aromatic ring is 1. The zero-order valence-electron chi connectivity index (χ0n) is 26.1. The molecule has 1 saturated heterocycles. The van der Waals surface area contributed by atoms with Crippen LogP contribution in [0.15, 0.2) is 18.5 Å². The lowest BCUT2D eigenvalue weighted by Gasteiger charge is -2.32. The van der Waals surface area contributed by atoms with Crippen LogP contribution in [0.1, 0.15) is 75.5 Å². The Bertz CT molecular complexity index is 1260. The van der Waals surface area contributed by atoms with Crippen LogP contribution in [0.5, 0.6) is 11.8 Å². The largest absolute Gasteiger partial charge is 0.489 e. The second kappa shape index (κ2) is 14.5. The third-order valence-electron chi connectivity index (χ3n) is 8.15. The van der Waals surface area contributed by atoms with Crippen molar-refractivity contribution in [3.63, 3.8) is 0 Å². The molecule has 0 radical (unpaired) electrons. The van der Waals surface area contributed by atoms with Crippen molar-refractivity contribution in [2.75, 3.05) is 44.5 Å². The molecule has 4 aliphatic rings. The van der Waals surface area contributed by atoms with Gasteiger partial charge in [-0.05, 0) is 55.4 Å². The minimum atomic E-state index is -0.275. The maximum atomic E-state index is 12.7. The van der Waals surface area contributed by atoms with Gasteiger partial charge < -0.3 is 36.2 Å². The molecule has 2 aromatic rings. The molecule has 0 aromatic carbocycles. The van der Waals surface area contributed by atoms with Crippen molar-refractivity contribution in [1.82, 2.24) is 30.3 Å². The van der Waals surface area contributed by atoms with Gasteiger partial charge in [0.15, 0.2) is 11.6 Å². The first-order chi connectivity index (χ1) is 20.7. The van der Waals surface area contributed by atoms with Crippen molar-refractivity contribution in [2.45, 2.75) is 65.3 Å². The van der Waals surface area contributed by atoms with Gasteiger partial charge in [-0.15, -0.1) is 0 Å². The molecular formula is C30H48N10O3. The lowest BCUT2D eigenvalue weighted by molar-refractivity contribution is 0.0899. The summed E-state index contributed by atoms with van der Waals surface area (Å²) >= 11 is 0. The average Bonchev–Trinajstić information content (AvgIpc) is 3.93. The van der Waals surface area contributed by atoms with Crippen LogP contribution < -0.4 is 37.0 Å². The lowest BCUT2D eigenvalue weighted by Crippen LogP contribution is -2.43. The summed E-state index contributed by atoms with van der Waals surface area (Å²) < 4.78 is 11.3. The molecule has 2 aromatic heterocycles. The molecule has 13 heteroatoms. The quantitative estimate of drug-likeness (QED) is 0.246. The highest BCUT2D eigenvalue weighted by Gasteiger charge is 2.54. The van der Waals surface area contributed by atoms with E-state index in [0.29, 0.717) is 60.3 Å². The summed E-state index contributed by atoms with van der Waals surface area (Å²) in [4.78, 5) is 32.0. The van der Waals surface area contributed by atoms with E-state index in [1.165, 1.54) is 31.4 Å². The molecule has 236 valence electrons. The molecule has 3 unspecified atom stereocenters. The van der Waals surface area contributed by atoms with Crippen LogP contribution in [0.3, 0.4) is 0 Å². The van der Waals surface area contributed by atoms with Crippen LogP contribution in [-0.2, 0) is 0 Å². The minimum absolute atomic E-state index is 0.0911. The van der Waals surface area contributed by atoms with Gasteiger partial charge in [0, 0.05) is 44.1 Å². The highest BCUT2D eigenvalue weighted by molar-refractivity contribution is 5.91. The number of pyridine rings is 1. The number of anilines is 2. The number of carbonyl (C=O) groups is 1. The molecule has 3 saturated carbocycles. The Kier molecular flexibility index (Phi) is 10.8. The Labute approximate surface area is 254 Å². The fraction of sp³-hybridized carbons (Fsp3) is 0.633. The first-order valence-electron chi connectivity index (χ1n) is 15.4. The summed E-state index contributed by atoms with van der Waals surface area (Å²) in [6, 6.07) is 2.14. The molecule has 3 aliphatic carbocycles. The van der Waals surface area contributed by atoms with Gasteiger partial charge in [0.2, 0.25) is 11.8 Å². The summed E-state index contributed by atoms with van der Waals surface area (Å²) in [5.74, 6) is 9.50. The Morgan fingerprint density at radius 2 is 1.86 bits per heavy atom. The number of fused-ring (bicyclic) bond motifs is 1. The van der Waals surface area contributed by atoms with Crippen LogP contribution in [0.2, 0.25) is 0 Å². The number of nitrogens with one attached hydrogen (secondary N) is 1. The number of hydrazine groups is 1. The van der Waals surface area contributed by atoms with Gasteiger partial charge in [-0.25, -0.2) is 10.8 Å². The van der Waals surface area contributed by atoms with Gasteiger partial charge in [0.1, 0.15) is 0 Å². The van der Waals surface area contributed by atoms with Gasteiger partial charge in [-0.3, -0.25) is 4.79 Å². The van der Waals surface area contributed by atoms with E-state index in [1.807, 2.05) is 18.7 Å². The number of methoxy groups -OCH3 is 1. The van der Waals surface area contributed by atoms with Gasteiger partial charge in [-0.1, -0.05) is 33.6 Å². The van der Waals surface area contributed by atoms with Gasteiger partial charge in [0.25, 0.3) is 5.91 Å². The molecule has 6 rings (SSSR count). The zero-order valence-corrected chi connectivity index (χ0v) is 26.1. The third-order valence-corrected chi connectivity index (χ3v) is 8.15. The van der Waals surface area contributed by atoms with E-state index in [4.69, 9.17) is 26.8 Å². The SMILES string of the molecule is CC.CC1CC1.COc1nc(C(=O)NC2CC3CC32)nc(N2CCC(COc3cc(/C(N)=C/N(C)N)cnc3N)CC2)n1. The van der Waals surface area contributed by atoms with Gasteiger partial charge >= 0.3 is 6.01 Å². The molecule has 43 heavy (non-hydrogen) atoms. The van der Waals surface area contributed by atoms with Crippen molar-refractivity contribution in [1.29, 1.82) is 0 Å². The predicted molar refractivity (Wildman–Crippen MR) is 167 cm³/mol. The van der Waals surface area contributed by atoms with E-state index in [1.54, 1.807) is 25.5 Å². The van der Waals surface area contributed by atoms with Crippen LogP contribution in [0.4, 0.5) is 11.8 Å². The number of nitrogens with two attached hydrogens (primary N) is 3. The first kappa shape index (κ1) is 32.1. The van der Waals surface area contributed by atoms with Crippen LogP contribution in [-0.4, -0.2) is 70.7 Å². The number of aromatic nitrogens is 4. The van der Waals surface area contributed by atoms with E-state index in [0.717, 1.165) is 31.1 Å². The number of nitrogens with zero attached hydrogens (tertiary/aromatic N) is 6. The predicted octanol–water partition coefficient (Wildman–Crippen LogP) is 2.80. The number of rotatable bonds is 9. The molecule has 13 nitrogen and oxygen atoms in total. The second-order valence-electron chi connectivity index (χ2n) is 11.7. The van der Waals surface area contributed by atoms with E-state index in [2.05, 4.69) is 32.2 Å². The molecule has 0 spiro atoms. The topological polar surface area (TPSA) is 184 Å². The lowest BCUT2D eigenvalue weighted by atomic mass is 9.93. The van der Waals surface area contributed by atoms with Crippen molar-refractivity contribution in [3.05, 3.63) is 29.9 Å². The van der Waals surface area contributed by atoms with Crippen LogP contribution in [0.25, 0.3) is 5.70 Å². The average molecular weight is 597 g/mol. The highest BCUT2D eigenvalue weighted by atomic mass is 16.5. The first-order valence-corrected chi connectivity index (χ1v) is 15.4. The Morgan fingerprint density at radius 1 is 1.16 bits per heavy atom. The van der Waals surface area contributed by atoms with Gasteiger partial charge in [0.05, 0.1) is 19.4 Å². The van der Waals surface area contributed by atoms with Crippen molar-refractivity contribution in [3.8, 4) is 11.8 Å². The van der Waals surface area contributed by atoms with Crippen molar-refractivity contribution < 1.29 is 14.3 Å². The number of amides is 1. The summed E-state index contributed by atoms with van der Waals surface area (Å²) in [6.07, 6.45) is 10.1. The number of carbonyl (C=O) groups excluding carboxylic acids is 1. The summed E-state index contributed by atoms with van der Waals surface area (Å²) in [7, 11) is 3.17. The summed E-state index contributed by atoms with van der Waals surface area (Å²) in [5, 5.41) is 4.42. The zero-order chi connectivity index (χ0) is 31.1. The molecule has 1 aliphatic heterocycles. The summed E-state index contributed by atoms with van der Waals surface area (Å²) in [6.45, 7) is 8.18. The number of hydrogen-bond donors (Lipinski definition) is 4. The van der Waals surface area contributed by atoms with E-state index < -0.39 is 0 Å².